The molecule has 3 nitrogen and oxygen atoms in total. The Balaban J connectivity index is 1.59. The number of nitrogens with one attached hydrogen (secondary N) is 2. The number of amidine groups is 1. The molecule has 2 N–H and O–H groups in total. The van der Waals surface area contributed by atoms with Gasteiger partial charge in [0.15, 0.2) is 0 Å². The molecule has 1 unspecified atom stereocenters. The Hall–Kier alpha value is -0.570. The van der Waals surface area contributed by atoms with Crippen LogP contribution in [-0.4, -0.2) is 31.5 Å². The molecule has 1 atom stereocenters. The third-order valence-corrected chi connectivity index (χ3v) is 3.11. The molecule has 0 bridgehead atoms. The van der Waals surface area contributed by atoms with Gasteiger partial charge in [-0.05, 0) is 38.6 Å². The van der Waals surface area contributed by atoms with Crippen LogP contribution < -0.4 is 10.6 Å². The Morgan fingerprint density at radius 1 is 1.36 bits per heavy atom. The molecule has 3 heteroatoms. The van der Waals surface area contributed by atoms with Crippen LogP contribution in [0.2, 0.25) is 0 Å². The summed E-state index contributed by atoms with van der Waals surface area (Å²) in [6.07, 6.45) is 7.71. The largest absolute Gasteiger partial charge is 0.374 e. The van der Waals surface area contributed by atoms with Crippen molar-refractivity contribution in [3.8, 4) is 0 Å². The first-order chi connectivity index (χ1) is 6.95. The summed E-state index contributed by atoms with van der Waals surface area (Å²) < 4.78 is 0. The summed E-state index contributed by atoms with van der Waals surface area (Å²) in [4.78, 5) is 4.48. The van der Waals surface area contributed by atoms with Crippen molar-refractivity contribution in [2.24, 2.45) is 4.99 Å². The molecule has 80 valence electrons. The van der Waals surface area contributed by atoms with Crippen molar-refractivity contribution in [3.05, 3.63) is 0 Å². The van der Waals surface area contributed by atoms with Gasteiger partial charge in [0.2, 0.25) is 0 Å². The van der Waals surface area contributed by atoms with Crippen molar-refractivity contribution in [2.45, 2.75) is 44.6 Å². The Kier molecular flexibility index (Phi) is 3.80. The summed E-state index contributed by atoms with van der Waals surface area (Å²) in [6, 6.07) is 0.756. The van der Waals surface area contributed by atoms with Gasteiger partial charge in [-0.15, -0.1) is 0 Å². The van der Waals surface area contributed by atoms with Gasteiger partial charge in [0, 0.05) is 25.6 Å². The van der Waals surface area contributed by atoms with Gasteiger partial charge in [-0.25, -0.2) is 0 Å². The quantitative estimate of drug-likeness (QED) is 0.712. The van der Waals surface area contributed by atoms with Crippen LogP contribution >= 0.6 is 0 Å². The average Bonchev–Trinajstić information content (AvgIpc) is 2.72. The maximum atomic E-state index is 4.48. The normalized spacial score (nSPS) is 27.4. The van der Waals surface area contributed by atoms with E-state index < -0.39 is 0 Å². The highest BCUT2D eigenvalue weighted by Crippen LogP contribution is 2.08. The van der Waals surface area contributed by atoms with Gasteiger partial charge in [0.05, 0.1) is 5.84 Å². The molecule has 0 aliphatic carbocycles. The molecule has 2 rings (SSSR count). The second kappa shape index (κ2) is 5.35. The van der Waals surface area contributed by atoms with Gasteiger partial charge in [0.25, 0.3) is 0 Å². The number of aliphatic imine (C=N–C) groups is 1. The Labute approximate surface area is 86.4 Å². The lowest BCUT2D eigenvalue weighted by Gasteiger charge is -2.15. The van der Waals surface area contributed by atoms with Gasteiger partial charge in [-0.1, -0.05) is 0 Å². The van der Waals surface area contributed by atoms with Crippen molar-refractivity contribution < 1.29 is 0 Å². The molecule has 0 spiro atoms. The summed E-state index contributed by atoms with van der Waals surface area (Å²) >= 11 is 0. The van der Waals surface area contributed by atoms with E-state index >= 15 is 0 Å². The minimum atomic E-state index is 0.756. The van der Waals surface area contributed by atoms with E-state index in [0.717, 1.165) is 25.6 Å². The molecule has 1 fully saturated rings. The van der Waals surface area contributed by atoms with Crippen molar-refractivity contribution in [1.29, 1.82) is 0 Å². The SMILES string of the molecule is C1CCC(NCCC2CCCN2)=NC1. The lowest BCUT2D eigenvalue weighted by atomic mass is 10.1. The fraction of sp³-hybridized carbons (Fsp3) is 0.909. The number of hydrogen-bond acceptors (Lipinski definition) is 3. The predicted octanol–water partition coefficient (Wildman–Crippen LogP) is 1.30. The molecule has 0 radical (unpaired) electrons. The Morgan fingerprint density at radius 3 is 3.07 bits per heavy atom. The molecule has 1 saturated heterocycles. The first kappa shape index (κ1) is 9.97. The summed E-state index contributed by atoms with van der Waals surface area (Å²) in [6.45, 7) is 3.34. The first-order valence-corrected chi connectivity index (χ1v) is 5.96. The van der Waals surface area contributed by atoms with E-state index in [2.05, 4.69) is 15.6 Å². The van der Waals surface area contributed by atoms with Crippen LogP contribution in [0.3, 0.4) is 0 Å². The van der Waals surface area contributed by atoms with Crippen LogP contribution in [0.15, 0.2) is 4.99 Å². The molecule has 14 heavy (non-hydrogen) atoms. The van der Waals surface area contributed by atoms with Crippen LogP contribution in [0.5, 0.6) is 0 Å². The van der Waals surface area contributed by atoms with Crippen LogP contribution in [-0.2, 0) is 0 Å². The average molecular weight is 195 g/mol. The van der Waals surface area contributed by atoms with E-state index in [4.69, 9.17) is 0 Å². The fourth-order valence-electron chi connectivity index (χ4n) is 2.24. The third-order valence-electron chi connectivity index (χ3n) is 3.11. The Bertz CT molecular complexity index is 195. The van der Waals surface area contributed by atoms with Crippen molar-refractivity contribution in [1.82, 2.24) is 10.6 Å². The van der Waals surface area contributed by atoms with Crippen molar-refractivity contribution in [2.75, 3.05) is 19.6 Å². The highest BCUT2D eigenvalue weighted by Gasteiger charge is 2.13. The molecule has 0 aromatic heterocycles. The van der Waals surface area contributed by atoms with E-state index in [-0.39, 0.29) is 0 Å². The van der Waals surface area contributed by atoms with Gasteiger partial charge in [0.1, 0.15) is 0 Å². The zero-order valence-electron chi connectivity index (χ0n) is 8.89. The van der Waals surface area contributed by atoms with Crippen LogP contribution in [0.1, 0.15) is 38.5 Å². The molecular formula is C11H21N3. The standard InChI is InChI=1S/C11H21N3/c1-2-7-13-11(5-1)14-9-6-10-4-3-8-12-10/h10,12H,1-9H2,(H,13,14). The van der Waals surface area contributed by atoms with Crippen molar-refractivity contribution in [3.63, 3.8) is 0 Å². The van der Waals surface area contributed by atoms with E-state index in [0.29, 0.717) is 0 Å². The molecule has 0 saturated carbocycles. The summed E-state index contributed by atoms with van der Waals surface area (Å²) in [7, 11) is 0. The van der Waals surface area contributed by atoms with Crippen LogP contribution in [0.25, 0.3) is 0 Å². The molecule has 0 aromatic rings. The van der Waals surface area contributed by atoms with E-state index in [1.54, 1.807) is 0 Å². The molecule has 0 amide bonds. The van der Waals surface area contributed by atoms with E-state index in [1.165, 1.54) is 44.5 Å². The highest BCUT2D eigenvalue weighted by atomic mass is 15.0. The zero-order chi connectivity index (χ0) is 9.64. The molecule has 0 aromatic carbocycles. The lowest BCUT2D eigenvalue weighted by Crippen LogP contribution is -2.31. The minimum absolute atomic E-state index is 0.756. The lowest BCUT2D eigenvalue weighted by molar-refractivity contribution is 0.549. The van der Waals surface area contributed by atoms with Gasteiger partial charge in [-0.2, -0.15) is 0 Å². The second-order valence-corrected chi connectivity index (χ2v) is 4.29. The Morgan fingerprint density at radius 2 is 2.36 bits per heavy atom. The number of rotatable bonds is 3. The van der Waals surface area contributed by atoms with Crippen molar-refractivity contribution >= 4 is 5.84 Å². The van der Waals surface area contributed by atoms with Gasteiger partial charge < -0.3 is 10.6 Å². The number of nitrogens with zero attached hydrogens (tertiary/aromatic N) is 1. The number of hydrogen-bond donors (Lipinski definition) is 2. The first-order valence-electron chi connectivity index (χ1n) is 5.96. The summed E-state index contributed by atoms with van der Waals surface area (Å²) in [5.41, 5.74) is 0. The van der Waals surface area contributed by atoms with Crippen LogP contribution in [0, 0.1) is 0 Å². The third kappa shape index (κ3) is 2.98. The maximum Gasteiger partial charge on any atom is 0.0963 e. The molecular weight excluding hydrogens is 174 g/mol. The zero-order valence-corrected chi connectivity index (χ0v) is 8.89. The highest BCUT2D eigenvalue weighted by molar-refractivity contribution is 5.82. The monoisotopic (exact) mass is 195 g/mol. The minimum Gasteiger partial charge on any atom is -0.374 e. The molecule has 2 aliphatic rings. The van der Waals surface area contributed by atoms with Gasteiger partial charge in [-0.3, -0.25) is 4.99 Å². The predicted molar refractivity (Wildman–Crippen MR) is 59.8 cm³/mol. The smallest absolute Gasteiger partial charge is 0.0963 e. The fourth-order valence-corrected chi connectivity index (χ4v) is 2.24. The second-order valence-electron chi connectivity index (χ2n) is 4.29. The van der Waals surface area contributed by atoms with Gasteiger partial charge >= 0.3 is 0 Å². The van der Waals surface area contributed by atoms with E-state index in [9.17, 15) is 0 Å². The molecule has 2 heterocycles. The summed E-state index contributed by atoms with van der Waals surface area (Å²) in [5, 5.41) is 6.97. The van der Waals surface area contributed by atoms with E-state index in [1.807, 2.05) is 0 Å². The molecule has 2 aliphatic heterocycles. The van der Waals surface area contributed by atoms with Crippen LogP contribution in [0.4, 0.5) is 0 Å². The summed E-state index contributed by atoms with van der Waals surface area (Å²) in [5.74, 6) is 1.24. The topological polar surface area (TPSA) is 36.4 Å². The maximum absolute atomic E-state index is 4.48.